The lowest BCUT2D eigenvalue weighted by molar-refractivity contribution is -0.386. The fourth-order valence-electron chi connectivity index (χ4n) is 1.56. The number of carboxylic acids is 1. The standard InChI is InChI=1S/C11H10ClNO6/c12-5-4-8(14)6-2-1-3-7(9(6)13(18)19)10(15)11(16)17/h1-3,10,15H,4-5H2,(H,16,17). The smallest absolute Gasteiger partial charge is 0.337 e. The van der Waals surface area contributed by atoms with E-state index in [2.05, 4.69) is 0 Å². The first-order chi connectivity index (χ1) is 8.90. The average molecular weight is 288 g/mol. The Morgan fingerprint density at radius 1 is 1.42 bits per heavy atom. The molecule has 1 atom stereocenters. The predicted octanol–water partition coefficient (Wildman–Crippen LogP) is 1.52. The summed E-state index contributed by atoms with van der Waals surface area (Å²) in [6.45, 7) is 0. The number of hydrogen-bond acceptors (Lipinski definition) is 5. The van der Waals surface area contributed by atoms with E-state index in [1.54, 1.807) is 0 Å². The van der Waals surface area contributed by atoms with Crippen molar-refractivity contribution in [1.29, 1.82) is 0 Å². The minimum atomic E-state index is -2.07. The number of rotatable bonds is 6. The highest BCUT2D eigenvalue weighted by atomic mass is 35.5. The second-order valence-corrected chi connectivity index (χ2v) is 3.98. The summed E-state index contributed by atoms with van der Waals surface area (Å²) in [5.74, 6) is -2.23. The van der Waals surface area contributed by atoms with E-state index in [4.69, 9.17) is 16.7 Å². The van der Waals surface area contributed by atoms with Crippen LogP contribution in [-0.2, 0) is 4.79 Å². The van der Waals surface area contributed by atoms with E-state index in [9.17, 15) is 24.8 Å². The Morgan fingerprint density at radius 3 is 2.53 bits per heavy atom. The third kappa shape index (κ3) is 3.27. The number of carboxylic acid groups (broad SMARTS) is 1. The van der Waals surface area contributed by atoms with Crippen molar-refractivity contribution in [3.8, 4) is 0 Å². The van der Waals surface area contributed by atoms with Crippen molar-refractivity contribution in [2.45, 2.75) is 12.5 Å². The molecule has 0 saturated carbocycles. The van der Waals surface area contributed by atoms with Crippen LogP contribution in [0.4, 0.5) is 5.69 Å². The number of halogens is 1. The lowest BCUT2D eigenvalue weighted by atomic mass is 9.99. The topological polar surface area (TPSA) is 118 Å². The first kappa shape index (κ1) is 15.1. The van der Waals surface area contributed by atoms with Gasteiger partial charge in [-0.15, -0.1) is 11.6 Å². The third-order valence-electron chi connectivity index (χ3n) is 2.40. The first-order valence-corrected chi connectivity index (χ1v) is 5.71. The minimum absolute atomic E-state index is 0.0122. The van der Waals surface area contributed by atoms with E-state index in [1.165, 1.54) is 12.1 Å². The zero-order valence-corrected chi connectivity index (χ0v) is 10.3. The maximum absolute atomic E-state index is 11.7. The van der Waals surface area contributed by atoms with Gasteiger partial charge < -0.3 is 10.2 Å². The van der Waals surface area contributed by atoms with Crippen LogP contribution in [-0.4, -0.2) is 32.8 Å². The van der Waals surface area contributed by atoms with Crippen LogP contribution in [0, 0.1) is 10.1 Å². The highest BCUT2D eigenvalue weighted by Gasteiger charge is 2.30. The van der Waals surface area contributed by atoms with Crippen LogP contribution in [0.2, 0.25) is 0 Å². The Kier molecular flexibility index (Phi) is 4.96. The van der Waals surface area contributed by atoms with E-state index in [-0.39, 0.29) is 17.9 Å². The van der Waals surface area contributed by atoms with Crippen molar-refractivity contribution in [2.75, 3.05) is 5.88 Å². The Morgan fingerprint density at radius 2 is 2.05 bits per heavy atom. The molecule has 0 saturated heterocycles. The fraction of sp³-hybridized carbons (Fsp3) is 0.273. The van der Waals surface area contributed by atoms with E-state index < -0.39 is 34.0 Å². The van der Waals surface area contributed by atoms with E-state index in [0.717, 1.165) is 6.07 Å². The second kappa shape index (κ2) is 6.26. The lowest BCUT2D eigenvalue weighted by Crippen LogP contribution is -2.15. The molecule has 19 heavy (non-hydrogen) atoms. The van der Waals surface area contributed by atoms with Gasteiger partial charge in [0, 0.05) is 12.3 Å². The number of benzene rings is 1. The number of carbonyl (C=O) groups excluding carboxylic acids is 1. The van der Waals surface area contributed by atoms with Crippen LogP contribution in [0.15, 0.2) is 18.2 Å². The Bertz CT molecular complexity index is 530. The molecule has 8 heteroatoms. The summed E-state index contributed by atoms with van der Waals surface area (Å²) < 4.78 is 0. The summed E-state index contributed by atoms with van der Waals surface area (Å²) in [4.78, 5) is 32.5. The number of aliphatic hydroxyl groups excluding tert-OH is 1. The van der Waals surface area contributed by atoms with E-state index >= 15 is 0 Å². The number of aliphatic hydroxyl groups is 1. The maximum atomic E-state index is 11.7. The Balaban J connectivity index is 3.42. The Labute approximate surface area is 112 Å². The Hall–Kier alpha value is -1.99. The molecule has 1 aromatic carbocycles. The maximum Gasteiger partial charge on any atom is 0.337 e. The molecule has 0 radical (unpaired) electrons. The summed E-state index contributed by atoms with van der Waals surface area (Å²) in [7, 11) is 0. The van der Waals surface area contributed by atoms with Gasteiger partial charge in [-0.05, 0) is 12.1 Å². The number of nitrogens with zero attached hydrogens (tertiary/aromatic N) is 1. The molecule has 0 spiro atoms. The van der Waals surface area contributed by atoms with Gasteiger partial charge in [0.2, 0.25) is 0 Å². The molecule has 0 bridgehead atoms. The number of nitro groups is 1. The van der Waals surface area contributed by atoms with E-state index in [1.807, 2.05) is 0 Å². The molecule has 1 aromatic rings. The molecule has 7 nitrogen and oxygen atoms in total. The average Bonchev–Trinajstić information content (AvgIpc) is 2.36. The van der Waals surface area contributed by atoms with Crippen molar-refractivity contribution in [3.05, 3.63) is 39.4 Å². The van der Waals surface area contributed by atoms with Crippen molar-refractivity contribution in [3.63, 3.8) is 0 Å². The summed E-state index contributed by atoms with van der Waals surface area (Å²) in [5, 5.41) is 29.1. The summed E-state index contributed by atoms with van der Waals surface area (Å²) >= 11 is 5.40. The second-order valence-electron chi connectivity index (χ2n) is 3.60. The molecule has 0 amide bonds. The quantitative estimate of drug-likeness (QED) is 0.354. The molecule has 1 unspecified atom stereocenters. The predicted molar refractivity (Wildman–Crippen MR) is 65.4 cm³/mol. The largest absolute Gasteiger partial charge is 0.479 e. The van der Waals surface area contributed by atoms with Crippen LogP contribution in [0.5, 0.6) is 0 Å². The van der Waals surface area contributed by atoms with Gasteiger partial charge in [-0.3, -0.25) is 14.9 Å². The number of hydrogen-bond donors (Lipinski definition) is 2. The first-order valence-electron chi connectivity index (χ1n) is 5.17. The minimum Gasteiger partial charge on any atom is -0.479 e. The van der Waals surface area contributed by atoms with Crippen LogP contribution >= 0.6 is 11.6 Å². The van der Waals surface area contributed by atoms with Gasteiger partial charge >= 0.3 is 5.97 Å². The molecular formula is C11H10ClNO6. The third-order valence-corrected chi connectivity index (χ3v) is 2.59. The summed E-state index contributed by atoms with van der Waals surface area (Å²) in [5.41, 5.74) is -1.39. The zero-order valence-electron chi connectivity index (χ0n) is 9.58. The highest BCUT2D eigenvalue weighted by molar-refractivity contribution is 6.19. The van der Waals surface area contributed by atoms with Gasteiger partial charge in [-0.1, -0.05) is 6.07 Å². The number of carbonyl (C=O) groups is 2. The molecule has 0 aromatic heterocycles. The van der Waals surface area contributed by atoms with Crippen LogP contribution in [0.1, 0.15) is 28.4 Å². The number of alkyl halides is 1. The lowest BCUT2D eigenvalue weighted by Gasteiger charge is -2.09. The summed E-state index contributed by atoms with van der Waals surface area (Å²) in [6.07, 6.45) is -2.18. The molecule has 0 heterocycles. The number of para-hydroxylation sites is 1. The molecule has 0 aliphatic carbocycles. The van der Waals surface area contributed by atoms with Crippen LogP contribution in [0.25, 0.3) is 0 Å². The molecule has 0 aliphatic rings. The monoisotopic (exact) mass is 287 g/mol. The van der Waals surface area contributed by atoms with Gasteiger partial charge in [0.25, 0.3) is 5.69 Å². The molecule has 1 rings (SSSR count). The van der Waals surface area contributed by atoms with Crippen molar-refractivity contribution >= 4 is 29.0 Å². The molecular weight excluding hydrogens is 278 g/mol. The van der Waals surface area contributed by atoms with Crippen molar-refractivity contribution in [1.82, 2.24) is 0 Å². The number of ketones is 1. The van der Waals surface area contributed by atoms with E-state index in [0.29, 0.717) is 0 Å². The molecule has 0 fully saturated rings. The van der Waals surface area contributed by atoms with Gasteiger partial charge in [0.1, 0.15) is 0 Å². The molecule has 102 valence electrons. The normalized spacial score (nSPS) is 11.9. The SMILES string of the molecule is O=C(CCCl)c1cccc(C(O)C(=O)O)c1[N+](=O)[O-]. The number of nitro benzene ring substituents is 1. The number of aliphatic carboxylic acids is 1. The fourth-order valence-corrected chi connectivity index (χ4v) is 1.74. The van der Waals surface area contributed by atoms with Gasteiger partial charge in [-0.2, -0.15) is 0 Å². The highest BCUT2D eigenvalue weighted by Crippen LogP contribution is 2.30. The van der Waals surface area contributed by atoms with Crippen LogP contribution < -0.4 is 0 Å². The van der Waals surface area contributed by atoms with Gasteiger partial charge in [-0.25, -0.2) is 4.79 Å². The zero-order chi connectivity index (χ0) is 14.6. The molecule has 0 aliphatic heterocycles. The molecule has 2 N–H and O–H groups in total. The van der Waals surface area contributed by atoms with Gasteiger partial charge in [0.05, 0.1) is 16.1 Å². The summed E-state index contributed by atoms with van der Waals surface area (Å²) in [6, 6.07) is 3.56. The number of Topliss-reactive ketones (excluding diaryl/α,β-unsaturated/α-hetero) is 1. The van der Waals surface area contributed by atoms with Crippen molar-refractivity contribution in [2.24, 2.45) is 0 Å². The van der Waals surface area contributed by atoms with Crippen LogP contribution in [0.3, 0.4) is 0 Å². The van der Waals surface area contributed by atoms with Gasteiger partial charge in [0.15, 0.2) is 11.9 Å². The van der Waals surface area contributed by atoms with Crippen molar-refractivity contribution < 1.29 is 24.7 Å².